The molecule has 0 N–H and O–H groups in total. The van der Waals surface area contributed by atoms with Gasteiger partial charge in [0.05, 0.1) is 4.75 Å². The molecule has 70 valence electrons. The number of carbonyl (C=O) groups is 1. The molecule has 0 saturated carbocycles. The molecule has 1 rings (SSSR count). The van der Waals surface area contributed by atoms with E-state index in [1.165, 1.54) is 11.8 Å². The third-order valence-corrected chi connectivity index (χ3v) is 3.28. The van der Waals surface area contributed by atoms with E-state index in [1.807, 2.05) is 12.1 Å². The molecule has 4 heteroatoms. The van der Waals surface area contributed by atoms with Crippen molar-refractivity contribution in [2.75, 3.05) is 0 Å². The predicted molar refractivity (Wildman–Crippen MR) is 55.0 cm³/mol. The molecular formula is C9H10ClNOS. The minimum absolute atomic E-state index is 0.339. The average molecular weight is 216 g/mol. The van der Waals surface area contributed by atoms with Crippen LogP contribution in [0, 0.1) is 0 Å². The first kappa shape index (κ1) is 10.5. The molecule has 1 aromatic heterocycles. The second-order valence-electron chi connectivity index (χ2n) is 3.07. The smallest absolute Gasteiger partial charge is 0.237 e. The summed E-state index contributed by atoms with van der Waals surface area (Å²) in [6.45, 7) is 3.60. The first-order valence-corrected chi connectivity index (χ1v) is 5.01. The van der Waals surface area contributed by atoms with Crippen molar-refractivity contribution in [3.05, 3.63) is 24.5 Å². The van der Waals surface area contributed by atoms with Crippen LogP contribution in [0.2, 0.25) is 0 Å². The zero-order valence-corrected chi connectivity index (χ0v) is 9.02. The summed E-state index contributed by atoms with van der Waals surface area (Å²) in [6.07, 6.45) is 3.38. The van der Waals surface area contributed by atoms with Crippen molar-refractivity contribution in [3.8, 4) is 0 Å². The van der Waals surface area contributed by atoms with Crippen molar-refractivity contribution in [1.82, 2.24) is 4.98 Å². The summed E-state index contributed by atoms with van der Waals surface area (Å²) >= 11 is 6.88. The van der Waals surface area contributed by atoms with Crippen LogP contribution in [0.4, 0.5) is 0 Å². The van der Waals surface area contributed by atoms with Crippen molar-refractivity contribution in [3.63, 3.8) is 0 Å². The zero-order chi connectivity index (χ0) is 9.90. The molecule has 0 spiro atoms. The Morgan fingerprint density at radius 1 is 1.46 bits per heavy atom. The third kappa shape index (κ3) is 3.01. The minimum Gasteiger partial charge on any atom is -0.280 e. The molecule has 0 aliphatic rings. The molecular weight excluding hydrogens is 206 g/mol. The van der Waals surface area contributed by atoms with Crippen LogP contribution in [0.3, 0.4) is 0 Å². The average Bonchev–Trinajstić information content (AvgIpc) is 2.05. The Bertz CT molecular complexity index is 300. The first-order valence-electron chi connectivity index (χ1n) is 3.81. The Morgan fingerprint density at radius 2 is 2.00 bits per heavy atom. The van der Waals surface area contributed by atoms with Crippen molar-refractivity contribution in [1.29, 1.82) is 0 Å². The van der Waals surface area contributed by atoms with Crippen LogP contribution < -0.4 is 0 Å². The molecule has 0 atom stereocenters. The van der Waals surface area contributed by atoms with Crippen LogP contribution in [0.1, 0.15) is 13.8 Å². The molecule has 2 nitrogen and oxygen atoms in total. The van der Waals surface area contributed by atoms with E-state index < -0.39 is 4.75 Å². The number of hydrogen-bond donors (Lipinski definition) is 0. The van der Waals surface area contributed by atoms with E-state index in [2.05, 4.69) is 4.98 Å². The molecule has 0 unspecified atom stereocenters. The molecule has 1 heterocycles. The van der Waals surface area contributed by atoms with E-state index in [4.69, 9.17) is 11.6 Å². The highest BCUT2D eigenvalue weighted by atomic mass is 35.5. The molecule has 0 aliphatic carbocycles. The van der Waals surface area contributed by atoms with Crippen molar-refractivity contribution in [2.45, 2.75) is 23.5 Å². The van der Waals surface area contributed by atoms with Gasteiger partial charge in [0, 0.05) is 17.3 Å². The van der Waals surface area contributed by atoms with Crippen LogP contribution in [-0.4, -0.2) is 15.0 Å². The molecule has 0 fully saturated rings. The molecule has 0 aliphatic heterocycles. The fourth-order valence-corrected chi connectivity index (χ4v) is 1.78. The lowest BCUT2D eigenvalue weighted by atomic mass is 10.2. The maximum Gasteiger partial charge on any atom is 0.237 e. The second kappa shape index (κ2) is 4.11. The highest BCUT2D eigenvalue weighted by Gasteiger charge is 2.26. The molecule has 0 aromatic carbocycles. The number of pyridine rings is 1. The Balaban J connectivity index is 2.75. The topological polar surface area (TPSA) is 30.0 Å². The van der Waals surface area contributed by atoms with E-state index in [1.54, 1.807) is 26.2 Å². The lowest BCUT2D eigenvalue weighted by Crippen LogP contribution is -2.22. The Labute approximate surface area is 86.7 Å². The number of thioether (sulfide) groups is 1. The summed E-state index contributed by atoms with van der Waals surface area (Å²) in [7, 11) is 0. The molecule has 0 bridgehead atoms. The van der Waals surface area contributed by atoms with E-state index in [0.29, 0.717) is 0 Å². The van der Waals surface area contributed by atoms with Gasteiger partial charge in [-0.2, -0.15) is 0 Å². The molecule has 0 amide bonds. The van der Waals surface area contributed by atoms with Gasteiger partial charge >= 0.3 is 0 Å². The second-order valence-corrected chi connectivity index (χ2v) is 5.11. The Kier molecular flexibility index (Phi) is 3.33. The van der Waals surface area contributed by atoms with Gasteiger partial charge in [-0.05, 0) is 37.6 Å². The van der Waals surface area contributed by atoms with E-state index in [-0.39, 0.29) is 5.24 Å². The number of aromatic nitrogens is 1. The summed E-state index contributed by atoms with van der Waals surface area (Å²) in [5.74, 6) is 0. The summed E-state index contributed by atoms with van der Waals surface area (Å²) in [5.41, 5.74) is 0. The largest absolute Gasteiger partial charge is 0.280 e. The molecule has 13 heavy (non-hydrogen) atoms. The van der Waals surface area contributed by atoms with E-state index in [0.717, 1.165) is 4.90 Å². The molecule has 1 aromatic rings. The summed E-state index contributed by atoms with van der Waals surface area (Å²) in [4.78, 5) is 15.9. The third-order valence-electron chi connectivity index (χ3n) is 1.50. The fourth-order valence-electron chi connectivity index (χ4n) is 0.741. The van der Waals surface area contributed by atoms with Crippen LogP contribution in [0.15, 0.2) is 29.4 Å². The van der Waals surface area contributed by atoms with Crippen molar-refractivity contribution in [2.24, 2.45) is 0 Å². The molecule has 0 saturated heterocycles. The monoisotopic (exact) mass is 215 g/mol. The highest BCUT2D eigenvalue weighted by molar-refractivity contribution is 8.01. The minimum atomic E-state index is -0.580. The van der Waals surface area contributed by atoms with Crippen LogP contribution in [-0.2, 0) is 4.79 Å². The summed E-state index contributed by atoms with van der Waals surface area (Å²) in [6, 6.07) is 3.71. The van der Waals surface area contributed by atoms with Crippen LogP contribution >= 0.6 is 23.4 Å². The highest BCUT2D eigenvalue weighted by Crippen LogP contribution is 2.33. The van der Waals surface area contributed by atoms with Gasteiger partial charge in [-0.25, -0.2) is 0 Å². The van der Waals surface area contributed by atoms with Crippen LogP contribution in [0.25, 0.3) is 0 Å². The lowest BCUT2D eigenvalue weighted by molar-refractivity contribution is -0.113. The molecule has 0 radical (unpaired) electrons. The number of hydrogen-bond acceptors (Lipinski definition) is 3. The van der Waals surface area contributed by atoms with Gasteiger partial charge in [0.1, 0.15) is 0 Å². The lowest BCUT2D eigenvalue weighted by Gasteiger charge is -2.18. The maximum absolute atomic E-state index is 11.0. The SMILES string of the molecule is CC(C)(Sc1ccncc1)C(=O)Cl. The normalized spacial score (nSPS) is 11.3. The summed E-state index contributed by atoms with van der Waals surface area (Å²) < 4.78 is -0.580. The maximum atomic E-state index is 11.0. The number of halogens is 1. The quantitative estimate of drug-likeness (QED) is 0.574. The predicted octanol–water partition coefficient (Wildman–Crippen LogP) is 2.72. The van der Waals surface area contributed by atoms with Gasteiger partial charge in [0.2, 0.25) is 5.24 Å². The fraction of sp³-hybridized carbons (Fsp3) is 0.333. The summed E-state index contributed by atoms with van der Waals surface area (Å²) in [5, 5.41) is -0.339. The number of carbonyl (C=O) groups excluding carboxylic acids is 1. The van der Waals surface area contributed by atoms with Gasteiger partial charge in [-0.3, -0.25) is 9.78 Å². The van der Waals surface area contributed by atoms with Gasteiger partial charge in [-0.1, -0.05) is 0 Å². The Hall–Kier alpha value is -0.540. The van der Waals surface area contributed by atoms with Gasteiger partial charge in [-0.15, -0.1) is 11.8 Å². The van der Waals surface area contributed by atoms with Gasteiger partial charge in [0.25, 0.3) is 0 Å². The standard InChI is InChI=1S/C9H10ClNOS/c1-9(2,8(10)12)13-7-3-5-11-6-4-7/h3-6H,1-2H3. The van der Waals surface area contributed by atoms with Gasteiger partial charge in [0.15, 0.2) is 0 Å². The van der Waals surface area contributed by atoms with Crippen molar-refractivity contribution < 1.29 is 4.79 Å². The zero-order valence-electron chi connectivity index (χ0n) is 7.45. The Morgan fingerprint density at radius 3 is 2.46 bits per heavy atom. The van der Waals surface area contributed by atoms with Crippen LogP contribution in [0.5, 0.6) is 0 Å². The van der Waals surface area contributed by atoms with Crippen molar-refractivity contribution >= 4 is 28.6 Å². The van der Waals surface area contributed by atoms with Gasteiger partial charge < -0.3 is 0 Å². The number of rotatable bonds is 3. The van der Waals surface area contributed by atoms with E-state index >= 15 is 0 Å². The first-order chi connectivity index (χ1) is 6.02. The number of nitrogens with zero attached hydrogens (tertiary/aromatic N) is 1. The van der Waals surface area contributed by atoms with E-state index in [9.17, 15) is 4.79 Å².